The summed E-state index contributed by atoms with van der Waals surface area (Å²) in [7, 11) is 0. The van der Waals surface area contributed by atoms with Gasteiger partial charge in [-0.3, -0.25) is 4.79 Å². The summed E-state index contributed by atoms with van der Waals surface area (Å²) in [5.41, 5.74) is 1.02. The Labute approximate surface area is 132 Å². The number of hydrogen-bond acceptors (Lipinski definition) is 3. The van der Waals surface area contributed by atoms with Gasteiger partial charge in [-0.25, -0.2) is 4.79 Å². The first-order valence-electron chi connectivity index (χ1n) is 6.67. The Bertz CT molecular complexity index is 671. The number of amides is 2. The minimum Gasteiger partial charge on any atom is -0.394 e. The number of rotatable bonds is 5. The highest BCUT2D eigenvalue weighted by molar-refractivity contribution is 6.31. The number of aliphatic hydroxyl groups is 1. The molecule has 4 N–H and O–H groups in total. The second-order valence-electron chi connectivity index (χ2n) is 4.78. The van der Waals surface area contributed by atoms with E-state index in [4.69, 9.17) is 16.7 Å². The van der Waals surface area contributed by atoms with E-state index in [1.165, 1.54) is 6.07 Å². The maximum Gasteiger partial charge on any atom is 0.319 e. The highest BCUT2D eigenvalue weighted by atomic mass is 35.5. The van der Waals surface area contributed by atoms with Crippen molar-refractivity contribution in [3.63, 3.8) is 0 Å². The van der Waals surface area contributed by atoms with Gasteiger partial charge in [0.15, 0.2) is 0 Å². The molecule has 22 heavy (non-hydrogen) atoms. The topological polar surface area (TPSA) is 94.2 Å². The van der Waals surface area contributed by atoms with Crippen molar-refractivity contribution in [3.8, 4) is 0 Å². The lowest BCUT2D eigenvalue weighted by molar-refractivity contribution is 0.103. The van der Waals surface area contributed by atoms with E-state index in [1.54, 1.807) is 37.4 Å². The molecule has 7 heteroatoms. The zero-order chi connectivity index (χ0) is 16.1. The fourth-order valence-electron chi connectivity index (χ4n) is 1.86. The fourth-order valence-corrected chi connectivity index (χ4v) is 2.03. The standard InChI is InChI=1S/C15H16ClN3O3/c1-9(8-20)18-15(22)19-12-5-4-10(16)7-11(12)14(21)13-3-2-6-17-13/h2-7,9,17,20H,8H2,1H3,(H2,18,19,22). The van der Waals surface area contributed by atoms with Crippen LogP contribution in [0.3, 0.4) is 0 Å². The number of aromatic amines is 1. The molecular weight excluding hydrogens is 306 g/mol. The minimum absolute atomic E-state index is 0.178. The Morgan fingerprint density at radius 1 is 1.36 bits per heavy atom. The Balaban J connectivity index is 2.25. The van der Waals surface area contributed by atoms with Crippen LogP contribution >= 0.6 is 11.6 Å². The number of ketones is 1. The zero-order valence-electron chi connectivity index (χ0n) is 11.9. The van der Waals surface area contributed by atoms with Crippen LogP contribution in [-0.4, -0.2) is 34.6 Å². The largest absolute Gasteiger partial charge is 0.394 e. The monoisotopic (exact) mass is 321 g/mol. The van der Waals surface area contributed by atoms with Gasteiger partial charge in [0.2, 0.25) is 5.78 Å². The molecule has 1 aromatic heterocycles. The molecule has 0 spiro atoms. The van der Waals surface area contributed by atoms with Crippen molar-refractivity contribution in [2.24, 2.45) is 0 Å². The Hall–Kier alpha value is -2.31. The summed E-state index contributed by atoms with van der Waals surface area (Å²) in [6.07, 6.45) is 1.64. The fraction of sp³-hybridized carbons (Fsp3) is 0.200. The normalized spacial score (nSPS) is 11.8. The maximum absolute atomic E-state index is 12.4. The smallest absolute Gasteiger partial charge is 0.319 e. The van der Waals surface area contributed by atoms with Crippen LogP contribution < -0.4 is 10.6 Å². The first-order valence-corrected chi connectivity index (χ1v) is 7.05. The van der Waals surface area contributed by atoms with Crippen LogP contribution in [0.5, 0.6) is 0 Å². The van der Waals surface area contributed by atoms with Crippen molar-refractivity contribution in [1.82, 2.24) is 10.3 Å². The van der Waals surface area contributed by atoms with Crippen molar-refractivity contribution in [2.45, 2.75) is 13.0 Å². The van der Waals surface area contributed by atoms with E-state index >= 15 is 0 Å². The highest BCUT2D eigenvalue weighted by Crippen LogP contribution is 2.23. The summed E-state index contributed by atoms with van der Waals surface area (Å²) in [6, 6.07) is 7.08. The maximum atomic E-state index is 12.4. The summed E-state index contributed by atoms with van der Waals surface area (Å²) in [5, 5.41) is 14.5. The molecule has 2 rings (SSSR count). The van der Waals surface area contributed by atoms with Crippen molar-refractivity contribution in [2.75, 3.05) is 11.9 Å². The van der Waals surface area contributed by atoms with Crippen LogP contribution in [0.15, 0.2) is 36.5 Å². The van der Waals surface area contributed by atoms with Gasteiger partial charge in [0.05, 0.1) is 24.0 Å². The molecule has 1 aromatic carbocycles. The van der Waals surface area contributed by atoms with E-state index in [0.29, 0.717) is 16.4 Å². The number of halogens is 1. The number of hydrogen-bond donors (Lipinski definition) is 4. The summed E-state index contributed by atoms with van der Waals surface area (Å²) in [5.74, 6) is -0.280. The number of urea groups is 1. The molecule has 2 amide bonds. The van der Waals surface area contributed by atoms with Crippen molar-refractivity contribution < 1.29 is 14.7 Å². The van der Waals surface area contributed by atoms with Crippen LogP contribution in [0.4, 0.5) is 10.5 Å². The highest BCUT2D eigenvalue weighted by Gasteiger charge is 2.17. The number of aromatic nitrogens is 1. The molecule has 1 atom stereocenters. The van der Waals surface area contributed by atoms with E-state index < -0.39 is 12.1 Å². The van der Waals surface area contributed by atoms with Crippen LogP contribution in [-0.2, 0) is 0 Å². The van der Waals surface area contributed by atoms with Gasteiger partial charge in [-0.15, -0.1) is 0 Å². The molecule has 0 aliphatic carbocycles. The lowest BCUT2D eigenvalue weighted by Crippen LogP contribution is -2.38. The van der Waals surface area contributed by atoms with Crippen LogP contribution in [0.1, 0.15) is 23.0 Å². The van der Waals surface area contributed by atoms with Gasteiger partial charge < -0.3 is 20.7 Å². The second kappa shape index (κ2) is 7.11. The second-order valence-corrected chi connectivity index (χ2v) is 5.22. The van der Waals surface area contributed by atoms with Crippen molar-refractivity contribution in [3.05, 3.63) is 52.8 Å². The Kier molecular flexibility index (Phi) is 5.19. The number of nitrogens with one attached hydrogen (secondary N) is 3. The molecule has 2 aromatic rings. The summed E-state index contributed by atoms with van der Waals surface area (Å²) in [6.45, 7) is 1.48. The third kappa shape index (κ3) is 3.87. The summed E-state index contributed by atoms with van der Waals surface area (Å²) in [4.78, 5) is 27.1. The van der Waals surface area contributed by atoms with Crippen molar-refractivity contribution in [1.29, 1.82) is 0 Å². The summed E-state index contributed by atoms with van der Waals surface area (Å²) >= 11 is 5.94. The first kappa shape index (κ1) is 16.1. The van der Waals surface area contributed by atoms with Gasteiger partial charge in [-0.05, 0) is 37.3 Å². The van der Waals surface area contributed by atoms with E-state index in [0.717, 1.165) is 0 Å². The Morgan fingerprint density at radius 2 is 2.14 bits per heavy atom. The van der Waals surface area contributed by atoms with Gasteiger partial charge in [0, 0.05) is 16.8 Å². The lowest BCUT2D eigenvalue weighted by Gasteiger charge is -2.14. The third-order valence-corrected chi connectivity index (χ3v) is 3.20. The third-order valence-electron chi connectivity index (χ3n) is 2.97. The molecule has 0 radical (unpaired) electrons. The molecule has 0 aliphatic rings. The van der Waals surface area contributed by atoms with Gasteiger partial charge in [0.1, 0.15) is 0 Å². The van der Waals surface area contributed by atoms with E-state index in [1.807, 2.05) is 0 Å². The van der Waals surface area contributed by atoms with Crippen LogP contribution in [0.25, 0.3) is 0 Å². The van der Waals surface area contributed by atoms with Crippen LogP contribution in [0, 0.1) is 0 Å². The number of H-pyrrole nitrogens is 1. The molecule has 6 nitrogen and oxygen atoms in total. The molecular formula is C15H16ClN3O3. The van der Waals surface area contributed by atoms with Gasteiger partial charge in [-0.2, -0.15) is 0 Å². The minimum atomic E-state index is -0.510. The van der Waals surface area contributed by atoms with Crippen molar-refractivity contribution >= 4 is 29.1 Å². The number of benzene rings is 1. The number of aliphatic hydroxyl groups excluding tert-OH is 1. The van der Waals surface area contributed by atoms with E-state index in [2.05, 4.69) is 15.6 Å². The van der Waals surface area contributed by atoms with Crippen LogP contribution in [0.2, 0.25) is 5.02 Å². The zero-order valence-corrected chi connectivity index (χ0v) is 12.6. The first-order chi connectivity index (χ1) is 10.5. The molecule has 0 aliphatic heterocycles. The van der Waals surface area contributed by atoms with Gasteiger partial charge in [-0.1, -0.05) is 11.6 Å². The molecule has 0 saturated carbocycles. The quantitative estimate of drug-likeness (QED) is 0.637. The lowest BCUT2D eigenvalue weighted by atomic mass is 10.1. The SMILES string of the molecule is CC(CO)NC(=O)Nc1ccc(Cl)cc1C(=O)c1ccc[nH]1. The molecule has 116 valence electrons. The van der Waals surface area contributed by atoms with Gasteiger partial charge in [0.25, 0.3) is 0 Å². The van der Waals surface area contributed by atoms with E-state index in [-0.39, 0.29) is 18.0 Å². The predicted octanol–water partition coefficient (Wildman–Crippen LogP) is 2.40. The molecule has 0 bridgehead atoms. The van der Waals surface area contributed by atoms with E-state index in [9.17, 15) is 9.59 Å². The predicted molar refractivity (Wildman–Crippen MR) is 84.4 cm³/mol. The average molecular weight is 322 g/mol. The molecule has 1 unspecified atom stereocenters. The Morgan fingerprint density at radius 3 is 2.77 bits per heavy atom. The number of anilines is 1. The number of carbonyl (C=O) groups excluding carboxylic acids is 2. The molecule has 0 saturated heterocycles. The number of carbonyl (C=O) groups is 2. The molecule has 0 fully saturated rings. The van der Waals surface area contributed by atoms with Gasteiger partial charge >= 0.3 is 6.03 Å². The summed E-state index contributed by atoms with van der Waals surface area (Å²) < 4.78 is 0. The molecule has 1 heterocycles. The average Bonchev–Trinajstić information content (AvgIpc) is 3.02.